The summed E-state index contributed by atoms with van der Waals surface area (Å²) in [5.74, 6) is -0.234. The summed E-state index contributed by atoms with van der Waals surface area (Å²) in [6.07, 6.45) is 2.03. The third kappa shape index (κ3) is 6.40. The monoisotopic (exact) mass is 319 g/mol. The minimum Gasteiger partial charge on any atom is -0.352 e. The molecule has 1 atom stereocenters. The minimum absolute atomic E-state index is 0.0659. The van der Waals surface area contributed by atoms with Gasteiger partial charge in [-0.3, -0.25) is 9.59 Å². The van der Waals surface area contributed by atoms with Crippen LogP contribution in [0.5, 0.6) is 0 Å². The first-order chi connectivity index (χ1) is 10.8. The average molecular weight is 319 g/mol. The number of rotatable bonds is 7. The summed E-state index contributed by atoms with van der Waals surface area (Å²) in [6, 6.07) is 6.68. The molecule has 0 aromatic heterocycles. The Morgan fingerprint density at radius 2 is 1.74 bits per heavy atom. The highest BCUT2D eigenvalue weighted by Crippen LogP contribution is 2.17. The van der Waals surface area contributed by atoms with E-state index in [1.54, 1.807) is 12.1 Å². The molecule has 0 bridgehead atoms. The van der Waals surface area contributed by atoms with Crippen LogP contribution >= 0.6 is 0 Å². The highest BCUT2D eigenvalue weighted by atomic mass is 16.2. The first-order valence-electron chi connectivity index (χ1n) is 8.16. The van der Waals surface area contributed by atoms with E-state index in [0.29, 0.717) is 18.7 Å². The molecule has 23 heavy (non-hydrogen) atoms. The Kier molecular flexibility index (Phi) is 7.23. The van der Waals surface area contributed by atoms with Crippen molar-refractivity contribution in [1.82, 2.24) is 10.6 Å². The SMILES string of the molecule is CCCCNC(=O)c1ccc(CNC(=O)[C@@H](N)C(C)(C)C)cc1. The molecule has 5 nitrogen and oxygen atoms in total. The molecule has 0 heterocycles. The molecule has 0 spiro atoms. The molecule has 0 saturated carbocycles. The van der Waals surface area contributed by atoms with Gasteiger partial charge >= 0.3 is 0 Å². The van der Waals surface area contributed by atoms with E-state index in [4.69, 9.17) is 5.73 Å². The van der Waals surface area contributed by atoms with Crippen molar-refractivity contribution in [3.8, 4) is 0 Å². The van der Waals surface area contributed by atoms with Crippen molar-refractivity contribution in [2.75, 3.05) is 6.54 Å². The van der Waals surface area contributed by atoms with Gasteiger partial charge in [0.2, 0.25) is 5.91 Å². The highest BCUT2D eigenvalue weighted by Gasteiger charge is 2.27. The lowest BCUT2D eigenvalue weighted by Gasteiger charge is -2.25. The van der Waals surface area contributed by atoms with Gasteiger partial charge in [-0.15, -0.1) is 0 Å². The van der Waals surface area contributed by atoms with Crippen LogP contribution in [0.3, 0.4) is 0 Å². The van der Waals surface area contributed by atoms with Crippen LogP contribution < -0.4 is 16.4 Å². The summed E-state index contributed by atoms with van der Waals surface area (Å²) in [6.45, 7) is 8.98. The zero-order valence-electron chi connectivity index (χ0n) is 14.6. The van der Waals surface area contributed by atoms with Gasteiger partial charge in [-0.25, -0.2) is 0 Å². The zero-order chi connectivity index (χ0) is 17.5. The number of nitrogens with one attached hydrogen (secondary N) is 2. The van der Waals surface area contributed by atoms with Gasteiger partial charge < -0.3 is 16.4 Å². The number of amides is 2. The van der Waals surface area contributed by atoms with E-state index in [1.807, 2.05) is 32.9 Å². The standard InChI is InChI=1S/C18H29N3O2/c1-5-6-11-20-16(22)14-9-7-13(8-10-14)12-21-17(23)15(19)18(2,3)4/h7-10,15H,5-6,11-12,19H2,1-4H3,(H,20,22)(H,21,23)/t15-/m1/s1. The third-order valence-corrected chi connectivity index (χ3v) is 3.71. The van der Waals surface area contributed by atoms with Gasteiger partial charge in [-0.05, 0) is 29.5 Å². The second-order valence-corrected chi connectivity index (χ2v) is 6.87. The molecule has 0 unspecified atom stereocenters. The van der Waals surface area contributed by atoms with Gasteiger partial charge in [0.25, 0.3) is 5.91 Å². The molecule has 128 valence electrons. The molecule has 4 N–H and O–H groups in total. The average Bonchev–Trinajstić information content (AvgIpc) is 2.51. The van der Waals surface area contributed by atoms with Crippen LogP contribution in [0.1, 0.15) is 56.5 Å². The van der Waals surface area contributed by atoms with Gasteiger partial charge in [0.05, 0.1) is 6.04 Å². The van der Waals surface area contributed by atoms with Crippen molar-refractivity contribution in [2.24, 2.45) is 11.1 Å². The van der Waals surface area contributed by atoms with Crippen molar-refractivity contribution in [2.45, 2.75) is 53.1 Å². The van der Waals surface area contributed by atoms with Crippen molar-refractivity contribution in [3.63, 3.8) is 0 Å². The van der Waals surface area contributed by atoms with Crippen LogP contribution in [0.4, 0.5) is 0 Å². The molecule has 0 radical (unpaired) electrons. The van der Waals surface area contributed by atoms with E-state index >= 15 is 0 Å². The Hall–Kier alpha value is -1.88. The van der Waals surface area contributed by atoms with Gasteiger partial charge in [-0.1, -0.05) is 46.2 Å². The van der Waals surface area contributed by atoms with Crippen LogP contribution in [0.25, 0.3) is 0 Å². The maximum atomic E-state index is 12.0. The summed E-state index contributed by atoms with van der Waals surface area (Å²) in [7, 11) is 0. The fraction of sp³-hybridized carbons (Fsp3) is 0.556. The van der Waals surface area contributed by atoms with E-state index in [2.05, 4.69) is 17.6 Å². The Balaban J connectivity index is 2.51. The van der Waals surface area contributed by atoms with E-state index in [1.165, 1.54) is 0 Å². The second-order valence-electron chi connectivity index (χ2n) is 6.87. The number of nitrogens with two attached hydrogens (primary N) is 1. The van der Waals surface area contributed by atoms with Crippen molar-refractivity contribution in [1.29, 1.82) is 0 Å². The maximum absolute atomic E-state index is 12.0. The molecular weight excluding hydrogens is 290 g/mol. The fourth-order valence-corrected chi connectivity index (χ4v) is 1.95. The van der Waals surface area contributed by atoms with Crippen LogP contribution in [-0.2, 0) is 11.3 Å². The maximum Gasteiger partial charge on any atom is 0.251 e. The highest BCUT2D eigenvalue weighted by molar-refractivity contribution is 5.94. The summed E-state index contributed by atoms with van der Waals surface area (Å²) in [5, 5.41) is 5.71. The van der Waals surface area contributed by atoms with Crippen LogP contribution in [-0.4, -0.2) is 24.4 Å². The predicted octanol–water partition coefficient (Wildman–Crippen LogP) is 2.21. The number of hydrogen-bond donors (Lipinski definition) is 3. The minimum atomic E-state index is -0.550. The Morgan fingerprint density at radius 1 is 1.13 bits per heavy atom. The molecule has 0 aliphatic carbocycles. The quantitative estimate of drug-likeness (QED) is 0.674. The lowest BCUT2D eigenvalue weighted by molar-refractivity contribution is -0.124. The van der Waals surface area contributed by atoms with Gasteiger partial charge in [-0.2, -0.15) is 0 Å². The summed E-state index contributed by atoms with van der Waals surface area (Å²) < 4.78 is 0. The van der Waals surface area contributed by atoms with Gasteiger partial charge in [0.1, 0.15) is 0 Å². The lowest BCUT2D eigenvalue weighted by Crippen LogP contribution is -2.48. The molecule has 0 fully saturated rings. The van der Waals surface area contributed by atoms with Crippen molar-refractivity contribution in [3.05, 3.63) is 35.4 Å². The molecule has 1 rings (SSSR count). The van der Waals surface area contributed by atoms with Crippen molar-refractivity contribution < 1.29 is 9.59 Å². The molecule has 0 aliphatic heterocycles. The molecule has 2 amide bonds. The summed E-state index contributed by atoms with van der Waals surface area (Å²) in [5.41, 5.74) is 7.20. The zero-order valence-corrected chi connectivity index (χ0v) is 14.6. The Labute approximate surface area is 139 Å². The molecule has 5 heteroatoms. The van der Waals surface area contributed by atoms with Crippen LogP contribution in [0, 0.1) is 5.41 Å². The van der Waals surface area contributed by atoms with E-state index in [9.17, 15) is 9.59 Å². The predicted molar refractivity (Wildman–Crippen MR) is 93.0 cm³/mol. The summed E-state index contributed by atoms with van der Waals surface area (Å²) in [4.78, 5) is 23.9. The van der Waals surface area contributed by atoms with Crippen molar-refractivity contribution >= 4 is 11.8 Å². The van der Waals surface area contributed by atoms with E-state index in [0.717, 1.165) is 18.4 Å². The molecule has 0 aliphatic rings. The normalized spacial score (nSPS) is 12.6. The lowest BCUT2D eigenvalue weighted by atomic mass is 9.87. The van der Waals surface area contributed by atoms with Crippen LogP contribution in [0.15, 0.2) is 24.3 Å². The second kappa shape index (κ2) is 8.67. The largest absolute Gasteiger partial charge is 0.352 e. The molecule has 0 saturated heterocycles. The van der Waals surface area contributed by atoms with E-state index < -0.39 is 6.04 Å². The number of hydrogen-bond acceptors (Lipinski definition) is 3. The fourth-order valence-electron chi connectivity index (χ4n) is 1.95. The summed E-state index contributed by atoms with van der Waals surface area (Å²) >= 11 is 0. The van der Waals surface area contributed by atoms with E-state index in [-0.39, 0.29) is 17.2 Å². The number of unbranched alkanes of at least 4 members (excludes halogenated alkanes) is 1. The first kappa shape index (κ1) is 19.2. The Morgan fingerprint density at radius 3 is 2.26 bits per heavy atom. The number of carbonyl (C=O) groups is 2. The third-order valence-electron chi connectivity index (χ3n) is 3.71. The van der Waals surface area contributed by atoms with Gasteiger partial charge in [0.15, 0.2) is 0 Å². The molecular formula is C18H29N3O2. The number of benzene rings is 1. The van der Waals surface area contributed by atoms with Gasteiger partial charge in [0, 0.05) is 18.7 Å². The van der Waals surface area contributed by atoms with Crippen LogP contribution in [0.2, 0.25) is 0 Å². The molecule has 1 aromatic rings. The molecule has 1 aromatic carbocycles. The topological polar surface area (TPSA) is 84.2 Å². The Bertz CT molecular complexity index is 518. The first-order valence-corrected chi connectivity index (χ1v) is 8.16. The number of carbonyl (C=O) groups excluding carboxylic acids is 2. The smallest absolute Gasteiger partial charge is 0.251 e.